The first kappa shape index (κ1) is 24.7. The van der Waals surface area contributed by atoms with Gasteiger partial charge in [0.2, 0.25) is 11.8 Å². The number of rotatable bonds is 5. The van der Waals surface area contributed by atoms with Crippen LogP contribution in [-0.2, 0) is 12.5 Å². The van der Waals surface area contributed by atoms with Crippen molar-refractivity contribution in [3.8, 4) is 5.88 Å². The van der Waals surface area contributed by atoms with Crippen LogP contribution in [0.25, 0.3) is 0 Å². The molecule has 11 heteroatoms. The van der Waals surface area contributed by atoms with E-state index in [1.807, 2.05) is 19.2 Å². The lowest BCUT2D eigenvalue weighted by Gasteiger charge is -2.32. The van der Waals surface area contributed by atoms with E-state index in [0.29, 0.717) is 26.0 Å². The van der Waals surface area contributed by atoms with Crippen LogP contribution in [0.15, 0.2) is 30.5 Å². The van der Waals surface area contributed by atoms with Gasteiger partial charge in [0.05, 0.1) is 10.4 Å². The van der Waals surface area contributed by atoms with Crippen molar-refractivity contribution in [2.75, 3.05) is 18.0 Å². The Hall–Kier alpha value is -1.44. The summed E-state index contributed by atoms with van der Waals surface area (Å²) < 4.78 is 8.10. The van der Waals surface area contributed by atoms with E-state index in [2.05, 4.69) is 24.6 Å². The molecular formula is C22H22Cl5N5O. The Morgan fingerprint density at radius 1 is 0.970 bits per heavy atom. The molecule has 0 spiro atoms. The van der Waals surface area contributed by atoms with Crippen molar-refractivity contribution in [3.05, 3.63) is 61.9 Å². The van der Waals surface area contributed by atoms with E-state index in [-0.39, 0.29) is 23.9 Å². The third-order valence-electron chi connectivity index (χ3n) is 6.25. The van der Waals surface area contributed by atoms with Gasteiger partial charge in [-0.25, -0.2) is 4.98 Å². The molecule has 1 aliphatic carbocycles. The van der Waals surface area contributed by atoms with Crippen LogP contribution < -0.4 is 9.64 Å². The molecule has 176 valence electrons. The minimum Gasteiger partial charge on any atom is -0.473 e. The number of anilines is 1. The smallest absolute Gasteiger partial charge is 0.232 e. The molecule has 2 fully saturated rings. The highest BCUT2D eigenvalue weighted by atomic mass is 35.5. The average molecular weight is 550 g/mol. The zero-order valence-electron chi connectivity index (χ0n) is 17.8. The quantitative estimate of drug-likeness (QED) is 0.370. The number of piperidine rings is 1. The first-order chi connectivity index (χ1) is 15.4. The van der Waals surface area contributed by atoms with E-state index in [4.69, 9.17) is 51.1 Å². The summed E-state index contributed by atoms with van der Waals surface area (Å²) >= 11 is 24.7. The summed E-state index contributed by atoms with van der Waals surface area (Å²) in [7, 11) is 2.02. The maximum absolute atomic E-state index is 6.53. The third kappa shape index (κ3) is 4.73. The van der Waals surface area contributed by atoms with E-state index in [9.17, 15) is 0 Å². The van der Waals surface area contributed by atoms with Crippen molar-refractivity contribution in [2.24, 2.45) is 7.05 Å². The van der Waals surface area contributed by atoms with E-state index >= 15 is 0 Å². The summed E-state index contributed by atoms with van der Waals surface area (Å²) in [6.07, 6.45) is 5.22. The SMILES string of the molecule is Cl.Cn1c(N2CCC(Oc3ncc(Cl)cc3Cl)CC2)nnc1C1(c2ccc(Cl)cc2Cl)CC1. The van der Waals surface area contributed by atoms with Crippen LogP contribution in [0.5, 0.6) is 5.88 Å². The largest absolute Gasteiger partial charge is 0.473 e. The molecular weight excluding hydrogens is 528 g/mol. The molecule has 1 aliphatic heterocycles. The lowest BCUT2D eigenvalue weighted by Crippen LogP contribution is -2.39. The number of pyridine rings is 1. The third-order valence-corrected chi connectivity index (χ3v) is 7.28. The van der Waals surface area contributed by atoms with Crippen LogP contribution in [0.1, 0.15) is 37.1 Å². The van der Waals surface area contributed by atoms with E-state index in [1.165, 1.54) is 0 Å². The van der Waals surface area contributed by atoms with E-state index in [0.717, 1.165) is 56.1 Å². The number of aromatic nitrogens is 4. The number of hydrogen-bond acceptors (Lipinski definition) is 5. The molecule has 0 bridgehead atoms. The van der Waals surface area contributed by atoms with Crippen molar-refractivity contribution < 1.29 is 4.74 Å². The molecule has 2 aromatic heterocycles. The van der Waals surface area contributed by atoms with Gasteiger partial charge in [-0.2, -0.15) is 0 Å². The second kappa shape index (κ2) is 9.67. The summed E-state index contributed by atoms with van der Waals surface area (Å²) in [5.74, 6) is 2.22. The predicted molar refractivity (Wildman–Crippen MR) is 135 cm³/mol. The first-order valence-electron chi connectivity index (χ1n) is 10.5. The highest BCUT2D eigenvalue weighted by Crippen LogP contribution is 2.55. The minimum absolute atomic E-state index is 0. The number of ether oxygens (including phenoxy) is 1. The molecule has 0 atom stereocenters. The monoisotopic (exact) mass is 547 g/mol. The minimum atomic E-state index is -0.194. The molecule has 5 rings (SSSR count). The van der Waals surface area contributed by atoms with Crippen molar-refractivity contribution in [2.45, 2.75) is 37.2 Å². The molecule has 3 heterocycles. The number of hydrogen-bond donors (Lipinski definition) is 0. The molecule has 0 unspecified atom stereocenters. The van der Waals surface area contributed by atoms with Crippen LogP contribution in [0.2, 0.25) is 20.1 Å². The van der Waals surface area contributed by atoms with Crippen LogP contribution in [0, 0.1) is 0 Å². The van der Waals surface area contributed by atoms with E-state index < -0.39 is 0 Å². The molecule has 3 aromatic rings. The van der Waals surface area contributed by atoms with Crippen LogP contribution >= 0.6 is 58.8 Å². The predicted octanol–water partition coefficient (Wildman–Crippen LogP) is 6.37. The fourth-order valence-electron chi connectivity index (χ4n) is 4.45. The Morgan fingerprint density at radius 2 is 1.67 bits per heavy atom. The number of benzene rings is 1. The standard InChI is InChI=1S/C22H21Cl4N5O.ClH/c1-30-20(22(6-7-22)16-3-2-13(23)10-17(16)25)28-29-21(30)31-8-4-15(5-9-31)32-19-18(26)11-14(24)12-27-19;/h2-3,10-12,15H,4-9H2,1H3;1H. The summed E-state index contributed by atoms with van der Waals surface area (Å²) in [6, 6.07) is 7.32. The molecule has 0 radical (unpaired) electrons. The Balaban J connectivity index is 0.00000259. The molecule has 0 amide bonds. The fraction of sp³-hybridized carbons (Fsp3) is 0.409. The van der Waals surface area contributed by atoms with Crippen molar-refractivity contribution in [1.82, 2.24) is 19.7 Å². The fourth-order valence-corrected chi connectivity index (χ4v) is 5.46. The van der Waals surface area contributed by atoms with Gasteiger partial charge in [-0.3, -0.25) is 4.57 Å². The summed E-state index contributed by atoms with van der Waals surface area (Å²) in [5, 5.41) is 11.3. The van der Waals surface area contributed by atoms with Gasteiger partial charge in [-0.1, -0.05) is 52.5 Å². The second-order valence-corrected chi connectivity index (χ2v) is 10.0. The first-order valence-corrected chi connectivity index (χ1v) is 12.0. The Labute approximate surface area is 218 Å². The highest BCUT2D eigenvalue weighted by molar-refractivity contribution is 6.35. The molecule has 1 saturated heterocycles. The van der Waals surface area contributed by atoms with Gasteiger partial charge in [0.15, 0.2) is 0 Å². The second-order valence-electron chi connectivity index (χ2n) is 8.33. The van der Waals surface area contributed by atoms with Gasteiger partial charge >= 0.3 is 0 Å². The maximum atomic E-state index is 6.53. The zero-order valence-corrected chi connectivity index (χ0v) is 21.6. The van der Waals surface area contributed by atoms with Gasteiger partial charge < -0.3 is 9.64 Å². The van der Waals surface area contributed by atoms with Gasteiger partial charge in [0.1, 0.15) is 17.0 Å². The number of nitrogens with zero attached hydrogens (tertiary/aromatic N) is 5. The van der Waals surface area contributed by atoms with Crippen LogP contribution in [0.3, 0.4) is 0 Å². The summed E-state index contributed by atoms with van der Waals surface area (Å²) in [6.45, 7) is 1.60. The Morgan fingerprint density at radius 3 is 2.30 bits per heavy atom. The van der Waals surface area contributed by atoms with E-state index in [1.54, 1.807) is 18.3 Å². The molecule has 33 heavy (non-hydrogen) atoms. The average Bonchev–Trinajstić information content (AvgIpc) is 3.46. The molecule has 1 saturated carbocycles. The lowest BCUT2D eigenvalue weighted by molar-refractivity contribution is 0.163. The van der Waals surface area contributed by atoms with Crippen molar-refractivity contribution >= 4 is 64.8 Å². The molecule has 6 nitrogen and oxygen atoms in total. The van der Waals surface area contributed by atoms with Gasteiger partial charge in [-0.15, -0.1) is 22.6 Å². The Kier molecular flexibility index (Phi) is 7.23. The van der Waals surface area contributed by atoms with Gasteiger partial charge in [0.25, 0.3) is 0 Å². The Bertz CT molecular complexity index is 1160. The van der Waals surface area contributed by atoms with Gasteiger partial charge in [0, 0.05) is 49.2 Å². The van der Waals surface area contributed by atoms with Crippen LogP contribution in [-0.4, -0.2) is 38.9 Å². The van der Waals surface area contributed by atoms with Gasteiger partial charge in [-0.05, 0) is 36.6 Å². The summed E-state index contributed by atoms with van der Waals surface area (Å²) in [4.78, 5) is 6.44. The zero-order chi connectivity index (χ0) is 22.5. The topological polar surface area (TPSA) is 56.1 Å². The van der Waals surface area contributed by atoms with Crippen molar-refractivity contribution in [1.29, 1.82) is 0 Å². The normalized spacial score (nSPS) is 17.5. The lowest BCUT2D eigenvalue weighted by atomic mass is 9.95. The van der Waals surface area contributed by atoms with Crippen molar-refractivity contribution in [3.63, 3.8) is 0 Å². The molecule has 1 aromatic carbocycles. The maximum Gasteiger partial charge on any atom is 0.232 e. The highest BCUT2D eigenvalue weighted by Gasteiger charge is 2.51. The summed E-state index contributed by atoms with van der Waals surface area (Å²) in [5.41, 5.74) is 0.866. The number of halogens is 5. The van der Waals surface area contributed by atoms with Crippen LogP contribution in [0.4, 0.5) is 5.95 Å². The molecule has 0 N–H and O–H groups in total. The molecule has 2 aliphatic rings.